The van der Waals surface area contributed by atoms with E-state index in [0.717, 1.165) is 16.7 Å². The number of ether oxygens (including phenoxy) is 1. The summed E-state index contributed by atoms with van der Waals surface area (Å²) in [6, 6.07) is 0. The van der Waals surface area contributed by atoms with Crippen LogP contribution in [0.3, 0.4) is 0 Å². The Balaban J connectivity index is 3.64. The van der Waals surface area contributed by atoms with Crippen molar-refractivity contribution in [1.29, 1.82) is 0 Å². The second-order valence-electron chi connectivity index (χ2n) is 3.91. The Morgan fingerprint density at radius 3 is 2.19 bits per heavy atom. The first-order valence-electron chi connectivity index (χ1n) is 5.35. The highest BCUT2D eigenvalue weighted by Crippen LogP contribution is 2.37. The number of benzene rings is 1. The van der Waals surface area contributed by atoms with Crippen molar-refractivity contribution in [3.8, 4) is 11.5 Å². The summed E-state index contributed by atoms with van der Waals surface area (Å²) in [6.45, 7) is 7.38. The van der Waals surface area contributed by atoms with Crippen molar-refractivity contribution in [1.82, 2.24) is 0 Å². The van der Waals surface area contributed by atoms with Gasteiger partial charge in [-0.15, -0.1) is 0 Å². The Kier molecular flexibility index (Phi) is 3.58. The van der Waals surface area contributed by atoms with Gasteiger partial charge >= 0.3 is 0 Å². The summed E-state index contributed by atoms with van der Waals surface area (Å²) in [5.74, 6) is 0.444. The number of phenols is 1. The van der Waals surface area contributed by atoms with Crippen LogP contribution in [0.25, 0.3) is 0 Å². The Bertz CT molecular complexity index is 434. The molecule has 1 aromatic rings. The molecule has 0 aliphatic rings. The first-order chi connectivity index (χ1) is 7.45. The van der Waals surface area contributed by atoms with Crippen molar-refractivity contribution in [2.24, 2.45) is 0 Å². The normalized spacial score (nSPS) is 10.3. The molecule has 0 aliphatic heterocycles. The van der Waals surface area contributed by atoms with E-state index in [1.54, 1.807) is 6.92 Å². The van der Waals surface area contributed by atoms with Crippen molar-refractivity contribution in [3.63, 3.8) is 0 Å². The highest BCUT2D eigenvalue weighted by Gasteiger charge is 2.22. The molecule has 1 rings (SSSR count). The van der Waals surface area contributed by atoms with Gasteiger partial charge in [-0.25, -0.2) is 0 Å². The molecule has 1 aromatic carbocycles. The van der Waals surface area contributed by atoms with Crippen LogP contribution in [0.2, 0.25) is 0 Å². The van der Waals surface area contributed by atoms with Crippen LogP contribution < -0.4 is 4.74 Å². The number of rotatable bonds is 3. The van der Waals surface area contributed by atoms with Crippen LogP contribution in [0.5, 0.6) is 11.5 Å². The summed E-state index contributed by atoms with van der Waals surface area (Å²) in [7, 11) is 1.52. The second-order valence-corrected chi connectivity index (χ2v) is 3.91. The van der Waals surface area contributed by atoms with E-state index < -0.39 is 0 Å². The van der Waals surface area contributed by atoms with Gasteiger partial charge in [0.15, 0.2) is 5.78 Å². The van der Waals surface area contributed by atoms with Gasteiger partial charge in [0.05, 0.1) is 7.11 Å². The summed E-state index contributed by atoms with van der Waals surface area (Å²) in [5, 5.41) is 10.0. The molecule has 0 radical (unpaired) electrons. The quantitative estimate of drug-likeness (QED) is 0.800. The van der Waals surface area contributed by atoms with Crippen molar-refractivity contribution < 1.29 is 14.6 Å². The average molecular weight is 222 g/mol. The third-order valence-corrected chi connectivity index (χ3v) is 3.09. The second kappa shape index (κ2) is 4.56. The highest BCUT2D eigenvalue weighted by atomic mass is 16.5. The topological polar surface area (TPSA) is 46.5 Å². The third kappa shape index (κ3) is 1.77. The van der Waals surface area contributed by atoms with Gasteiger partial charge in [0.2, 0.25) is 0 Å². The molecule has 0 saturated heterocycles. The Morgan fingerprint density at radius 2 is 1.75 bits per heavy atom. The molecule has 0 atom stereocenters. The van der Waals surface area contributed by atoms with Crippen molar-refractivity contribution >= 4 is 5.78 Å². The molecular formula is C13H18O3. The van der Waals surface area contributed by atoms with E-state index >= 15 is 0 Å². The van der Waals surface area contributed by atoms with Crippen molar-refractivity contribution in [2.45, 2.75) is 34.1 Å². The van der Waals surface area contributed by atoms with E-state index in [4.69, 9.17) is 4.74 Å². The molecule has 0 saturated carbocycles. The fourth-order valence-electron chi connectivity index (χ4n) is 1.80. The van der Waals surface area contributed by atoms with Gasteiger partial charge in [-0.2, -0.15) is 0 Å². The molecule has 1 N–H and O–H groups in total. The van der Waals surface area contributed by atoms with Crippen LogP contribution in [-0.2, 0) is 0 Å². The van der Waals surface area contributed by atoms with Crippen LogP contribution >= 0.6 is 0 Å². The summed E-state index contributed by atoms with van der Waals surface area (Å²) >= 11 is 0. The number of carbonyl (C=O) groups is 1. The van der Waals surface area contributed by atoms with E-state index in [2.05, 4.69) is 0 Å². The molecular weight excluding hydrogens is 204 g/mol. The maximum Gasteiger partial charge on any atom is 0.170 e. The zero-order valence-electron chi connectivity index (χ0n) is 10.5. The maximum atomic E-state index is 11.8. The minimum Gasteiger partial charge on any atom is -0.507 e. The molecule has 0 spiro atoms. The van der Waals surface area contributed by atoms with Crippen LogP contribution in [0.1, 0.15) is 40.4 Å². The monoisotopic (exact) mass is 222 g/mol. The minimum absolute atomic E-state index is 0.0480. The van der Waals surface area contributed by atoms with E-state index in [1.807, 2.05) is 20.8 Å². The van der Waals surface area contributed by atoms with Gasteiger partial charge in [0.1, 0.15) is 17.1 Å². The lowest BCUT2D eigenvalue weighted by Crippen LogP contribution is -2.06. The number of ketones is 1. The average Bonchev–Trinajstić information content (AvgIpc) is 2.29. The minimum atomic E-state index is -0.0967. The zero-order chi connectivity index (χ0) is 12.5. The Hall–Kier alpha value is -1.51. The van der Waals surface area contributed by atoms with Gasteiger partial charge in [-0.1, -0.05) is 6.92 Å². The molecule has 16 heavy (non-hydrogen) atoms. The molecule has 0 heterocycles. The first kappa shape index (κ1) is 12.6. The number of methoxy groups -OCH3 is 1. The molecule has 0 aliphatic carbocycles. The summed E-state index contributed by atoms with van der Waals surface area (Å²) in [6.07, 6.45) is 0.353. The number of aromatic hydroxyl groups is 1. The van der Waals surface area contributed by atoms with Gasteiger partial charge in [0, 0.05) is 6.42 Å². The van der Waals surface area contributed by atoms with Crippen molar-refractivity contribution in [3.05, 3.63) is 22.3 Å². The lowest BCUT2D eigenvalue weighted by molar-refractivity contribution is 0.0982. The molecule has 3 nitrogen and oxygen atoms in total. The van der Waals surface area contributed by atoms with Gasteiger partial charge in [0.25, 0.3) is 0 Å². The fourth-order valence-corrected chi connectivity index (χ4v) is 1.80. The van der Waals surface area contributed by atoms with Gasteiger partial charge < -0.3 is 9.84 Å². The van der Waals surface area contributed by atoms with Crippen molar-refractivity contribution in [2.75, 3.05) is 7.11 Å². The number of hydrogen-bond donors (Lipinski definition) is 1. The van der Waals surface area contributed by atoms with Gasteiger partial charge in [-0.3, -0.25) is 4.79 Å². The fraction of sp³-hybridized carbons (Fsp3) is 0.462. The predicted molar refractivity (Wildman–Crippen MR) is 63.5 cm³/mol. The Labute approximate surface area is 96.1 Å². The molecule has 0 unspecified atom stereocenters. The van der Waals surface area contributed by atoms with Crippen LogP contribution in [-0.4, -0.2) is 18.0 Å². The SMILES string of the molecule is CCC(=O)c1c(O)c(C)c(C)c(C)c1OC. The first-order valence-corrected chi connectivity index (χ1v) is 5.35. The predicted octanol–water partition coefficient (Wildman–Crippen LogP) is 2.92. The van der Waals surface area contributed by atoms with Crippen LogP contribution in [0, 0.1) is 20.8 Å². The van der Waals surface area contributed by atoms with E-state index in [9.17, 15) is 9.90 Å². The molecule has 0 fully saturated rings. The number of hydrogen-bond acceptors (Lipinski definition) is 3. The highest BCUT2D eigenvalue weighted by molar-refractivity contribution is 6.02. The number of phenolic OH excluding ortho intramolecular Hbond substituents is 1. The van der Waals surface area contributed by atoms with Crippen LogP contribution in [0.15, 0.2) is 0 Å². The number of carbonyl (C=O) groups excluding carboxylic acids is 1. The van der Waals surface area contributed by atoms with Crippen LogP contribution in [0.4, 0.5) is 0 Å². The largest absolute Gasteiger partial charge is 0.507 e. The summed E-state index contributed by atoms with van der Waals surface area (Å²) in [5.41, 5.74) is 2.93. The third-order valence-electron chi connectivity index (χ3n) is 3.09. The van der Waals surface area contributed by atoms with E-state index in [-0.39, 0.29) is 11.5 Å². The molecule has 0 bridgehead atoms. The smallest absolute Gasteiger partial charge is 0.170 e. The molecule has 3 heteroatoms. The standard InChI is InChI=1S/C13H18O3/c1-6-10(14)11-12(15)8(3)7(2)9(4)13(11)16-5/h15H,6H2,1-5H3. The lowest BCUT2D eigenvalue weighted by Gasteiger charge is -2.17. The van der Waals surface area contributed by atoms with E-state index in [1.165, 1.54) is 7.11 Å². The van der Waals surface area contributed by atoms with Gasteiger partial charge in [-0.05, 0) is 37.5 Å². The molecule has 0 amide bonds. The van der Waals surface area contributed by atoms with E-state index in [0.29, 0.717) is 17.7 Å². The number of Topliss-reactive ketones (excluding diaryl/α,β-unsaturated/α-hetero) is 1. The maximum absolute atomic E-state index is 11.8. The lowest BCUT2D eigenvalue weighted by atomic mass is 9.94. The Morgan fingerprint density at radius 1 is 1.19 bits per heavy atom. The summed E-state index contributed by atoms with van der Waals surface area (Å²) in [4.78, 5) is 11.8. The zero-order valence-corrected chi connectivity index (χ0v) is 10.5. The molecule has 88 valence electrons. The summed E-state index contributed by atoms with van der Waals surface area (Å²) < 4.78 is 5.23. The molecule has 0 aromatic heterocycles.